The van der Waals surface area contributed by atoms with Gasteiger partial charge < -0.3 is 10.1 Å². The molecule has 0 spiro atoms. The van der Waals surface area contributed by atoms with Gasteiger partial charge in [0.2, 0.25) is 0 Å². The lowest BCUT2D eigenvalue weighted by Gasteiger charge is -2.05. The highest BCUT2D eigenvalue weighted by atomic mass is 35.5. The molecule has 0 atom stereocenters. The standard InChI is InChI=1S/C13H15ClN2O5/c1-2-21-12(17)4-3-7-15-13(18)9-5-6-11(16(19)20)10(14)8-9/h5-6,8H,2-4,7H2,1H3,(H,15,18). The molecule has 0 fully saturated rings. The molecule has 1 N–H and O–H groups in total. The second-order valence-corrected chi connectivity index (χ2v) is 4.49. The van der Waals surface area contributed by atoms with E-state index in [1.165, 1.54) is 18.2 Å². The molecule has 0 aliphatic heterocycles. The molecule has 0 aliphatic rings. The molecule has 0 aliphatic carbocycles. The average molecular weight is 315 g/mol. The number of carbonyl (C=O) groups is 2. The summed E-state index contributed by atoms with van der Waals surface area (Å²) in [6.07, 6.45) is 0.667. The van der Waals surface area contributed by atoms with E-state index in [4.69, 9.17) is 16.3 Å². The molecule has 0 saturated heterocycles. The number of nitro groups is 1. The van der Waals surface area contributed by atoms with Gasteiger partial charge in [-0.2, -0.15) is 0 Å². The number of hydrogen-bond acceptors (Lipinski definition) is 5. The van der Waals surface area contributed by atoms with Crippen LogP contribution in [0.1, 0.15) is 30.1 Å². The van der Waals surface area contributed by atoms with Gasteiger partial charge in [0.1, 0.15) is 5.02 Å². The number of benzene rings is 1. The maximum Gasteiger partial charge on any atom is 0.305 e. The predicted octanol–water partition coefficient (Wildman–Crippen LogP) is 2.32. The lowest BCUT2D eigenvalue weighted by atomic mass is 10.2. The zero-order valence-electron chi connectivity index (χ0n) is 11.4. The summed E-state index contributed by atoms with van der Waals surface area (Å²) in [5, 5.41) is 13.1. The van der Waals surface area contributed by atoms with Crippen molar-refractivity contribution >= 4 is 29.2 Å². The highest BCUT2D eigenvalue weighted by Gasteiger charge is 2.15. The van der Waals surface area contributed by atoms with E-state index in [-0.39, 0.29) is 28.7 Å². The molecule has 0 bridgehead atoms. The van der Waals surface area contributed by atoms with Crippen LogP contribution < -0.4 is 5.32 Å². The van der Waals surface area contributed by atoms with Gasteiger partial charge in [-0.25, -0.2) is 0 Å². The van der Waals surface area contributed by atoms with Crippen molar-refractivity contribution in [1.82, 2.24) is 5.32 Å². The van der Waals surface area contributed by atoms with Crippen molar-refractivity contribution in [2.45, 2.75) is 19.8 Å². The molecular weight excluding hydrogens is 300 g/mol. The molecule has 0 aromatic heterocycles. The van der Waals surface area contributed by atoms with E-state index in [1.54, 1.807) is 6.92 Å². The minimum Gasteiger partial charge on any atom is -0.466 e. The number of rotatable bonds is 7. The van der Waals surface area contributed by atoms with Crippen molar-refractivity contribution in [2.24, 2.45) is 0 Å². The lowest BCUT2D eigenvalue weighted by Crippen LogP contribution is -2.25. The summed E-state index contributed by atoms with van der Waals surface area (Å²) >= 11 is 5.72. The Balaban J connectivity index is 2.47. The van der Waals surface area contributed by atoms with Crippen molar-refractivity contribution in [3.8, 4) is 0 Å². The van der Waals surface area contributed by atoms with Crippen LogP contribution in [-0.4, -0.2) is 30.0 Å². The minimum atomic E-state index is -0.622. The monoisotopic (exact) mass is 314 g/mol. The molecule has 1 amide bonds. The van der Waals surface area contributed by atoms with Gasteiger partial charge in [0.05, 0.1) is 11.5 Å². The molecule has 8 heteroatoms. The quantitative estimate of drug-likeness (QED) is 0.360. The first-order valence-electron chi connectivity index (χ1n) is 6.33. The van der Waals surface area contributed by atoms with Crippen molar-refractivity contribution in [2.75, 3.05) is 13.2 Å². The Bertz CT molecular complexity index is 547. The van der Waals surface area contributed by atoms with Crippen LogP contribution in [0.15, 0.2) is 18.2 Å². The van der Waals surface area contributed by atoms with Crippen LogP contribution in [-0.2, 0) is 9.53 Å². The third kappa shape index (κ3) is 5.39. The number of nitrogens with zero attached hydrogens (tertiary/aromatic N) is 1. The van der Waals surface area contributed by atoms with Gasteiger partial charge in [-0.1, -0.05) is 11.6 Å². The number of amides is 1. The van der Waals surface area contributed by atoms with E-state index in [0.717, 1.165) is 0 Å². The van der Waals surface area contributed by atoms with Gasteiger partial charge in [0.25, 0.3) is 11.6 Å². The number of ether oxygens (including phenoxy) is 1. The van der Waals surface area contributed by atoms with Crippen LogP contribution in [0.25, 0.3) is 0 Å². The number of halogens is 1. The van der Waals surface area contributed by atoms with E-state index in [2.05, 4.69) is 5.32 Å². The van der Waals surface area contributed by atoms with Crippen molar-refractivity contribution < 1.29 is 19.2 Å². The van der Waals surface area contributed by atoms with E-state index < -0.39 is 10.8 Å². The maximum atomic E-state index is 11.8. The third-order valence-electron chi connectivity index (χ3n) is 2.56. The zero-order valence-corrected chi connectivity index (χ0v) is 12.2. The molecule has 21 heavy (non-hydrogen) atoms. The summed E-state index contributed by atoms with van der Waals surface area (Å²) in [6, 6.07) is 3.74. The zero-order chi connectivity index (χ0) is 15.8. The van der Waals surface area contributed by atoms with Crippen molar-refractivity contribution in [1.29, 1.82) is 0 Å². The van der Waals surface area contributed by atoms with E-state index >= 15 is 0 Å². The van der Waals surface area contributed by atoms with Gasteiger partial charge >= 0.3 is 5.97 Å². The largest absolute Gasteiger partial charge is 0.466 e. The number of hydrogen-bond donors (Lipinski definition) is 1. The smallest absolute Gasteiger partial charge is 0.305 e. The first-order valence-corrected chi connectivity index (χ1v) is 6.71. The summed E-state index contributed by atoms with van der Waals surface area (Å²) in [5.74, 6) is -0.721. The first kappa shape index (κ1) is 16.9. The molecule has 0 unspecified atom stereocenters. The minimum absolute atomic E-state index is 0.0980. The fourth-order valence-corrected chi connectivity index (χ4v) is 1.82. The Morgan fingerprint density at radius 2 is 2.14 bits per heavy atom. The van der Waals surface area contributed by atoms with Crippen molar-refractivity contribution in [3.05, 3.63) is 38.9 Å². The van der Waals surface area contributed by atoms with Crippen LogP contribution >= 0.6 is 11.6 Å². The summed E-state index contributed by atoms with van der Waals surface area (Å²) in [4.78, 5) is 32.9. The number of carbonyl (C=O) groups excluding carboxylic acids is 2. The maximum absolute atomic E-state index is 11.8. The molecule has 114 valence electrons. The van der Waals surface area contributed by atoms with Crippen LogP contribution in [0.4, 0.5) is 5.69 Å². The summed E-state index contributed by atoms with van der Waals surface area (Å²) < 4.78 is 4.75. The van der Waals surface area contributed by atoms with Gasteiger partial charge in [0.15, 0.2) is 0 Å². The molecule has 1 aromatic carbocycles. The predicted molar refractivity (Wildman–Crippen MR) is 76.3 cm³/mol. The Hall–Kier alpha value is -2.15. The van der Waals surface area contributed by atoms with Crippen LogP contribution in [0, 0.1) is 10.1 Å². The van der Waals surface area contributed by atoms with E-state index in [9.17, 15) is 19.7 Å². The summed E-state index contributed by atoms with van der Waals surface area (Å²) in [5.41, 5.74) is -0.0303. The summed E-state index contributed by atoms with van der Waals surface area (Å²) in [6.45, 7) is 2.34. The lowest BCUT2D eigenvalue weighted by molar-refractivity contribution is -0.384. The van der Waals surface area contributed by atoms with E-state index in [0.29, 0.717) is 19.6 Å². The molecule has 1 rings (SSSR count). The van der Waals surface area contributed by atoms with E-state index in [1.807, 2.05) is 0 Å². The van der Waals surface area contributed by atoms with Crippen molar-refractivity contribution in [3.63, 3.8) is 0 Å². The fraction of sp³-hybridized carbons (Fsp3) is 0.385. The summed E-state index contributed by atoms with van der Waals surface area (Å²) in [7, 11) is 0. The van der Waals surface area contributed by atoms with Gasteiger partial charge in [-0.3, -0.25) is 19.7 Å². The van der Waals surface area contributed by atoms with Gasteiger partial charge in [-0.15, -0.1) is 0 Å². The molecule has 0 heterocycles. The molecule has 1 aromatic rings. The second-order valence-electron chi connectivity index (χ2n) is 4.09. The fourth-order valence-electron chi connectivity index (χ4n) is 1.57. The molecular formula is C13H15ClN2O5. The highest BCUT2D eigenvalue weighted by Crippen LogP contribution is 2.24. The van der Waals surface area contributed by atoms with Gasteiger partial charge in [-0.05, 0) is 25.5 Å². The Morgan fingerprint density at radius 1 is 1.43 bits per heavy atom. The molecule has 7 nitrogen and oxygen atoms in total. The topological polar surface area (TPSA) is 98.5 Å². The Morgan fingerprint density at radius 3 is 2.71 bits per heavy atom. The number of nitro benzene ring substituents is 1. The molecule has 0 saturated carbocycles. The number of nitrogens with one attached hydrogen (secondary N) is 1. The highest BCUT2D eigenvalue weighted by molar-refractivity contribution is 6.33. The van der Waals surface area contributed by atoms with Crippen LogP contribution in [0.5, 0.6) is 0 Å². The molecule has 0 radical (unpaired) electrons. The normalized spacial score (nSPS) is 10.0. The van der Waals surface area contributed by atoms with Crippen LogP contribution in [0.2, 0.25) is 5.02 Å². The number of esters is 1. The van der Waals surface area contributed by atoms with Crippen LogP contribution in [0.3, 0.4) is 0 Å². The average Bonchev–Trinajstić information content (AvgIpc) is 2.43. The Kier molecular flexibility index (Phi) is 6.61. The first-order chi connectivity index (χ1) is 9.95. The second kappa shape index (κ2) is 8.21. The Labute approximate surface area is 126 Å². The third-order valence-corrected chi connectivity index (χ3v) is 2.86. The SMILES string of the molecule is CCOC(=O)CCCNC(=O)c1ccc([N+](=O)[O-])c(Cl)c1. The van der Waals surface area contributed by atoms with Gasteiger partial charge in [0, 0.05) is 24.6 Å².